The lowest BCUT2D eigenvalue weighted by atomic mass is 10.1. The van der Waals surface area contributed by atoms with Gasteiger partial charge in [-0.15, -0.1) is 0 Å². The molecule has 1 rings (SSSR count). The molecule has 1 aromatic carbocycles. The quantitative estimate of drug-likeness (QED) is 0.735. The highest BCUT2D eigenvalue weighted by molar-refractivity contribution is 6.30. The first kappa shape index (κ1) is 10.0. The highest BCUT2D eigenvalue weighted by atomic mass is 35.5. The maximum absolute atomic E-state index is 11.0. The number of carbonyl (C=O) groups excluding carboxylic acids is 1. The minimum Gasteiger partial charge on any atom is -0.468 e. The molecule has 0 aliphatic heterocycles. The summed E-state index contributed by atoms with van der Waals surface area (Å²) in [4.78, 5) is 11.0. The number of hydrogen-bond acceptors (Lipinski definition) is 3. The minimum atomic E-state index is -0.734. The molecule has 0 radical (unpaired) electrons. The number of halogens is 1. The zero-order chi connectivity index (χ0) is 9.84. The van der Waals surface area contributed by atoms with E-state index in [9.17, 15) is 4.79 Å². The number of carbonyl (C=O) groups is 1. The Hall–Kier alpha value is -1.06. The number of hydrogen-bond donors (Lipinski definition) is 1. The smallest absolute Gasteiger partial charge is 0.327 e. The monoisotopic (exact) mass is 199 g/mol. The van der Waals surface area contributed by atoms with Crippen molar-refractivity contribution in [3.63, 3.8) is 0 Å². The molecule has 0 bridgehead atoms. The molecule has 0 aromatic heterocycles. The second-order valence-corrected chi connectivity index (χ2v) is 2.99. The van der Waals surface area contributed by atoms with E-state index in [0.29, 0.717) is 10.6 Å². The van der Waals surface area contributed by atoms with Crippen molar-refractivity contribution >= 4 is 17.6 Å². The lowest BCUT2D eigenvalue weighted by molar-refractivity contribution is -0.142. The topological polar surface area (TPSA) is 52.3 Å². The van der Waals surface area contributed by atoms with E-state index in [1.54, 1.807) is 24.3 Å². The lowest BCUT2D eigenvalue weighted by Gasteiger charge is -2.08. The van der Waals surface area contributed by atoms with Gasteiger partial charge in [-0.05, 0) is 17.7 Å². The van der Waals surface area contributed by atoms with E-state index in [0.717, 1.165) is 0 Å². The molecule has 0 aliphatic rings. The van der Waals surface area contributed by atoms with Crippen LogP contribution in [0, 0.1) is 0 Å². The van der Waals surface area contributed by atoms with Gasteiger partial charge in [0.25, 0.3) is 0 Å². The van der Waals surface area contributed by atoms with E-state index >= 15 is 0 Å². The van der Waals surface area contributed by atoms with E-state index in [1.807, 2.05) is 0 Å². The Labute approximate surface area is 81.4 Å². The van der Waals surface area contributed by atoms with Crippen LogP contribution in [-0.4, -0.2) is 13.1 Å². The highest BCUT2D eigenvalue weighted by Gasteiger charge is 2.15. The summed E-state index contributed by atoms with van der Waals surface area (Å²) in [7, 11) is 1.30. The van der Waals surface area contributed by atoms with Crippen molar-refractivity contribution in [2.45, 2.75) is 6.04 Å². The molecule has 0 saturated heterocycles. The predicted octanol–water partition coefficient (Wildman–Crippen LogP) is 1.51. The van der Waals surface area contributed by atoms with Gasteiger partial charge < -0.3 is 10.5 Å². The van der Waals surface area contributed by atoms with E-state index in [1.165, 1.54) is 7.11 Å². The molecule has 0 aliphatic carbocycles. The maximum Gasteiger partial charge on any atom is 0.327 e. The van der Waals surface area contributed by atoms with Crippen molar-refractivity contribution in [2.24, 2.45) is 5.73 Å². The molecule has 0 spiro atoms. The van der Waals surface area contributed by atoms with Crippen LogP contribution in [0.1, 0.15) is 11.6 Å². The minimum absolute atomic E-state index is 0.456. The highest BCUT2D eigenvalue weighted by Crippen LogP contribution is 2.15. The summed E-state index contributed by atoms with van der Waals surface area (Å²) in [5.41, 5.74) is 6.27. The van der Waals surface area contributed by atoms with Crippen LogP contribution in [0.15, 0.2) is 24.3 Å². The Morgan fingerprint density at radius 1 is 1.46 bits per heavy atom. The Kier molecular flexibility index (Phi) is 3.28. The summed E-state index contributed by atoms with van der Waals surface area (Å²) in [6.45, 7) is 0. The molecule has 70 valence electrons. The molecule has 13 heavy (non-hydrogen) atoms. The van der Waals surface area contributed by atoms with Crippen molar-refractivity contribution in [1.82, 2.24) is 0 Å². The van der Waals surface area contributed by atoms with Crippen molar-refractivity contribution in [3.05, 3.63) is 34.9 Å². The molecular weight excluding hydrogens is 190 g/mol. The molecule has 3 nitrogen and oxygen atoms in total. The summed E-state index contributed by atoms with van der Waals surface area (Å²) < 4.78 is 4.50. The number of methoxy groups -OCH3 is 1. The van der Waals surface area contributed by atoms with Crippen LogP contribution < -0.4 is 5.73 Å². The third-order valence-electron chi connectivity index (χ3n) is 1.68. The fourth-order valence-corrected chi connectivity index (χ4v) is 1.06. The normalized spacial score (nSPS) is 12.2. The molecule has 0 amide bonds. The maximum atomic E-state index is 11.0. The Morgan fingerprint density at radius 3 is 2.46 bits per heavy atom. The van der Waals surface area contributed by atoms with Gasteiger partial charge in [-0.2, -0.15) is 0 Å². The van der Waals surface area contributed by atoms with Gasteiger partial charge in [0.2, 0.25) is 0 Å². The first-order chi connectivity index (χ1) is 6.15. The molecule has 0 fully saturated rings. The average molecular weight is 200 g/mol. The number of rotatable bonds is 2. The largest absolute Gasteiger partial charge is 0.468 e. The van der Waals surface area contributed by atoms with Crippen LogP contribution in [0.4, 0.5) is 0 Å². The van der Waals surface area contributed by atoms with E-state index in [4.69, 9.17) is 17.3 Å². The van der Waals surface area contributed by atoms with Crippen LogP contribution in [0.25, 0.3) is 0 Å². The van der Waals surface area contributed by atoms with Gasteiger partial charge in [0, 0.05) is 5.02 Å². The molecule has 0 saturated carbocycles. The van der Waals surface area contributed by atoms with Crippen LogP contribution in [0.5, 0.6) is 0 Å². The summed E-state index contributed by atoms with van der Waals surface area (Å²) in [5.74, 6) is -0.456. The third-order valence-corrected chi connectivity index (χ3v) is 1.94. The molecule has 0 heterocycles. The Bertz CT molecular complexity index is 297. The third kappa shape index (κ3) is 2.44. The van der Waals surface area contributed by atoms with Crippen LogP contribution >= 0.6 is 11.6 Å². The van der Waals surface area contributed by atoms with Crippen molar-refractivity contribution in [3.8, 4) is 0 Å². The molecule has 1 aromatic rings. The standard InChI is InChI=1S/C9H10ClNO2/c1-13-9(12)8(11)6-2-4-7(10)5-3-6/h2-5,8H,11H2,1H3/t8-/m1/s1. The summed E-state index contributed by atoms with van der Waals surface area (Å²) >= 11 is 5.67. The number of benzene rings is 1. The first-order valence-corrected chi connectivity index (χ1v) is 4.12. The zero-order valence-corrected chi connectivity index (χ0v) is 7.91. The van der Waals surface area contributed by atoms with Crippen LogP contribution in [0.3, 0.4) is 0 Å². The Balaban J connectivity index is 2.83. The zero-order valence-electron chi connectivity index (χ0n) is 7.16. The average Bonchev–Trinajstić information content (AvgIpc) is 2.17. The summed E-state index contributed by atoms with van der Waals surface area (Å²) in [6, 6.07) is 6.02. The summed E-state index contributed by atoms with van der Waals surface area (Å²) in [5, 5.41) is 0.612. The SMILES string of the molecule is COC(=O)[C@H](N)c1ccc(Cl)cc1. The van der Waals surface area contributed by atoms with Gasteiger partial charge >= 0.3 is 5.97 Å². The van der Waals surface area contributed by atoms with E-state index < -0.39 is 12.0 Å². The first-order valence-electron chi connectivity index (χ1n) is 3.74. The fraction of sp³-hybridized carbons (Fsp3) is 0.222. The van der Waals surface area contributed by atoms with Crippen LogP contribution in [0.2, 0.25) is 5.02 Å². The van der Waals surface area contributed by atoms with E-state index in [2.05, 4.69) is 4.74 Å². The van der Waals surface area contributed by atoms with Crippen molar-refractivity contribution < 1.29 is 9.53 Å². The number of ether oxygens (including phenoxy) is 1. The van der Waals surface area contributed by atoms with Gasteiger partial charge in [-0.1, -0.05) is 23.7 Å². The van der Waals surface area contributed by atoms with Crippen molar-refractivity contribution in [1.29, 1.82) is 0 Å². The molecule has 4 heteroatoms. The van der Waals surface area contributed by atoms with E-state index in [-0.39, 0.29) is 0 Å². The molecular formula is C9H10ClNO2. The number of esters is 1. The molecule has 0 unspecified atom stereocenters. The van der Waals surface area contributed by atoms with Gasteiger partial charge in [0.1, 0.15) is 6.04 Å². The van der Waals surface area contributed by atoms with Crippen molar-refractivity contribution in [2.75, 3.05) is 7.11 Å². The fourth-order valence-electron chi connectivity index (χ4n) is 0.933. The predicted molar refractivity (Wildman–Crippen MR) is 50.4 cm³/mol. The Morgan fingerprint density at radius 2 is 2.00 bits per heavy atom. The summed E-state index contributed by atoms with van der Waals surface area (Å²) in [6.07, 6.45) is 0. The number of nitrogens with two attached hydrogens (primary N) is 1. The molecule has 1 atom stereocenters. The second-order valence-electron chi connectivity index (χ2n) is 2.55. The lowest BCUT2D eigenvalue weighted by Crippen LogP contribution is -2.22. The van der Waals surface area contributed by atoms with Gasteiger partial charge in [-0.25, -0.2) is 0 Å². The second kappa shape index (κ2) is 4.25. The molecule has 2 N–H and O–H groups in total. The van der Waals surface area contributed by atoms with Gasteiger partial charge in [-0.3, -0.25) is 4.79 Å². The van der Waals surface area contributed by atoms with Crippen LogP contribution in [-0.2, 0) is 9.53 Å². The van der Waals surface area contributed by atoms with Gasteiger partial charge in [0.05, 0.1) is 7.11 Å². The van der Waals surface area contributed by atoms with Gasteiger partial charge in [0.15, 0.2) is 0 Å².